The second-order valence-electron chi connectivity index (χ2n) is 5.12. The molecule has 1 aromatic carbocycles. The Hall–Kier alpha value is -3.20. The SMILES string of the molecule is COc1ccc([C@H]2C(C#N)=C(N)Oc3cc(C)oc(=O)c32)cc1. The highest BCUT2D eigenvalue weighted by Crippen LogP contribution is 2.40. The molecule has 23 heavy (non-hydrogen) atoms. The molecular weight excluding hydrogens is 296 g/mol. The average Bonchev–Trinajstić information content (AvgIpc) is 2.53. The predicted molar refractivity (Wildman–Crippen MR) is 82.0 cm³/mol. The van der Waals surface area contributed by atoms with E-state index in [1.54, 1.807) is 44.4 Å². The summed E-state index contributed by atoms with van der Waals surface area (Å²) in [5, 5.41) is 9.44. The van der Waals surface area contributed by atoms with Crippen LogP contribution in [0.15, 0.2) is 51.0 Å². The van der Waals surface area contributed by atoms with Gasteiger partial charge < -0.3 is 19.6 Å². The minimum Gasteiger partial charge on any atom is -0.497 e. The van der Waals surface area contributed by atoms with Crippen LogP contribution >= 0.6 is 0 Å². The quantitative estimate of drug-likeness (QED) is 0.912. The Bertz CT molecular complexity index is 888. The molecule has 2 heterocycles. The number of hydrogen-bond acceptors (Lipinski definition) is 6. The summed E-state index contributed by atoms with van der Waals surface area (Å²) >= 11 is 0. The molecule has 1 atom stereocenters. The molecule has 6 heteroatoms. The van der Waals surface area contributed by atoms with Crippen LogP contribution in [0, 0.1) is 18.3 Å². The van der Waals surface area contributed by atoms with Crippen molar-refractivity contribution in [2.75, 3.05) is 7.11 Å². The van der Waals surface area contributed by atoms with Crippen molar-refractivity contribution in [3.05, 3.63) is 69.1 Å². The molecule has 0 amide bonds. The van der Waals surface area contributed by atoms with Gasteiger partial charge in [0.25, 0.3) is 0 Å². The molecule has 2 aromatic rings. The number of rotatable bonds is 2. The number of allylic oxidation sites excluding steroid dienone is 1. The zero-order valence-electron chi connectivity index (χ0n) is 12.6. The van der Waals surface area contributed by atoms with Gasteiger partial charge in [-0.25, -0.2) is 4.79 Å². The Kier molecular flexibility index (Phi) is 3.54. The van der Waals surface area contributed by atoms with Crippen LogP contribution in [0.1, 0.15) is 22.8 Å². The number of nitrogens with zero attached hydrogens (tertiary/aromatic N) is 1. The smallest absolute Gasteiger partial charge is 0.343 e. The zero-order valence-corrected chi connectivity index (χ0v) is 12.6. The Balaban J connectivity index is 2.24. The number of aryl methyl sites for hydroxylation is 1. The molecule has 0 radical (unpaired) electrons. The summed E-state index contributed by atoms with van der Waals surface area (Å²) in [6, 6.07) is 10.7. The van der Waals surface area contributed by atoms with Gasteiger partial charge in [-0.3, -0.25) is 0 Å². The summed E-state index contributed by atoms with van der Waals surface area (Å²) in [6.07, 6.45) is 0. The van der Waals surface area contributed by atoms with Gasteiger partial charge in [-0.2, -0.15) is 5.26 Å². The Morgan fingerprint density at radius 1 is 1.30 bits per heavy atom. The molecule has 1 aromatic heterocycles. The third kappa shape index (κ3) is 2.42. The number of methoxy groups -OCH3 is 1. The monoisotopic (exact) mass is 310 g/mol. The molecule has 1 aliphatic heterocycles. The van der Waals surface area contributed by atoms with Gasteiger partial charge in [0.1, 0.15) is 28.9 Å². The van der Waals surface area contributed by atoms with Crippen molar-refractivity contribution in [2.24, 2.45) is 5.73 Å². The highest BCUT2D eigenvalue weighted by atomic mass is 16.5. The number of nitriles is 1. The van der Waals surface area contributed by atoms with Crippen LogP contribution in [0.25, 0.3) is 0 Å². The number of benzene rings is 1. The first-order valence-corrected chi connectivity index (χ1v) is 6.91. The standard InChI is InChI=1S/C17H14N2O4/c1-9-7-13-15(17(20)22-9)14(12(8-18)16(19)23-13)10-3-5-11(21-2)6-4-10/h3-7,14H,19H2,1-2H3/t14-/m0/s1. The molecule has 0 fully saturated rings. The molecule has 0 unspecified atom stereocenters. The van der Waals surface area contributed by atoms with Crippen LogP contribution < -0.4 is 20.8 Å². The van der Waals surface area contributed by atoms with E-state index in [4.69, 9.17) is 19.6 Å². The second-order valence-corrected chi connectivity index (χ2v) is 5.12. The highest BCUT2D eigenvalue weighted by molar-refractivity contribution is 5.54. The number of nitrogens with two attached hydrogens (primary N) is 1. The van der Waals surface area contributed by atoms with E-state index in [-0.39, 0.29) is 17.0 Å². The third-order valence-corrected chi connectivity index (χ3v) is 3.71. The van der Waals surface area contributed by atoms with Crippen molar-refractivity contribution in [3.8, 4) is 17.6 Å². The van der Waals surface area contributed by atoms with E-state index in [0.29, 0.717) is 17.3 Å². The molecule has 6 nitrogen and oxygen atoms in total. The van der Waals surface area contributed by atoms with Crippen LogP contribution in [0.2, 0.25) is 0 Å². The van der Waals surface area contributed by atoms with Crippen molar-refractivity contribution in [1.29, 1.82) is 5.26 Å². The van der Waals surface area contributed by atoms with E-state index < -0.39 is 11.5 Å². The van der Waals surface area contributed by atoms with Crippen molar-refractivity contribution >= 4 is 0 Å². The minimum absolute atomic E-state index is 0.00850. The fourth-order valence-corrected chi connectivity index (χ4v) is 2.65. The second kappa shape index (κ2) is 5.54. The van der Waals surface area contributed by atoms with Gasteiger partial charge in [-0.15, -0.1) is 0 Å². The average molecular weight is 310 g/mol. The first kappa shape index (κ1) is 14.7. The lowest BCUT2D eigenvalue weighted by molar-refractivity contribution is 0.371. The van der Waals surface area contributed by atoms with Gasteiger partial charge in [0, 0.05) is 6.07 Å². The van der Waals surface area contributed by atoms with E-state index >= 15 is 0 Å². The van der Waals surface area contributed by atoms with E-state index in [1.807, 2.05) is 6.07 Å². The van der Waals surface area contributed by atoms with Gasteiger partial charge in [0.15, 0.2) is 0 Å². The molecule has 0 bridgehead atoms. The van der Waals surface area contributed by atoms with Crippen molar-refractivity contribution in [2.45, 2.75) is 12.8 Å². The zero-order chi connectivity index (χ0) is 16.6. The summed E-state index contributed by atoms with van der Waals surface area (Å²) < 4.78 is 15.7. The van der Waals surface area contributed by atoms with Crippen molar-refractivity contribution in [3.63, 3.8) is 0 Å². The molecule has 0 saturated carbocycles. The van der Waals surface area contributed by atoms with E-state index in [0.717, 1.165) is 5.56 Å². The maximum atomic E-state index is 12.3. The molecule has 0 aliphatic carbocycles. The first-order chi connectivity index (χ1) is 11.0. The first-order valence-electron chi connectivity index (χ1n) is 6.91. The summed E-state index contributed by atoms with van der Waals surface area (Å²) in [4.78, 5) is 12.3. The molecule has 116 valence electrons. The number of hydrogen-bond donors (Lipinski definition) is 1. The highest BCUT2D eigenvalue weighted by Gasteiger charge is 2.34. The molecule has 1 aliphatic rings. The summed E-state index contributed by atoms with van der Waals surface area (Å²) in [6.45, 7) is 1.65. The van der Waals surface area contributed by atoms with Gasteiger partial charge in [0.05, 0.1) is 18.6 Å². The van der Waals surface area contributed by atoms with Crippen molar-refractivity contribution in [1.82, 2.24) is 0 Å². The molecule has 0 saturated heterocycles. The van der Waals surface area contributed by atoms with E-state index in [2.05, 4.69) is 0 Å². The topological polar surface area (TPSA) is 98.5 Å². The maximum absolute atomic E-state index is 12.3. The largest absolute Gasteiger partial charge is 0.497 e. The Labute approximate surface area is 132 Å². The van der Waals surface area contributed by atoms with Crippen LogP contribution in [0.5, 0.6) is 11.5 Å². The minimum atomic E-state index is -0.633. The number of fused-ring (bicyclic) bond motifs is 1. The molecule has 0 spiro atoms. The summed E-state index contributed by atoms with van der Waals surface area (Å²) in [5.41, 5.74) is 6.50. The van der Waals surface area contributed by atoms with Gasteiger partial charge in [0.2, 0.25) is 5.88 Å². The van der Waals surface area contributed by atoms with Gasteiger partial charge in [-0.1, -0.05) is 12.1 Å². The van der Waals surface area contributed by atoms with Crippen LogP contribution in [-0.4, -0.2) is 7.11 Å². The van der Waals surface area contributed by atoms with Gasteiger partial charge >= 0.3 is 5.63 Å². The lowest BCUT2D eigenvalue weighted by atomic mass is 9.84. The number of ether oxygens (including phenoxy) is 2. The lowest BCUT2D eigenvalue weighted by Crippen LogP contribution is -2.26. The maximum Gasteiger partial charge on any atom is 0.343 e. The fourth-order valence-electron chi connectivity index (χ4n) is 2.65. The van der Waals surface area contributed by atoms with Crippen LogP contribution in [-0.2, 0) is 0 Å². The van der Waals surface area contributed by atoms with Crippen molar-refractivity contribution < 1.29 is 13.9 Å². The summed E-state index contributed by atoms with van der Waals surface area (Å²) in [7, 11) is 1.56. The molecule has 2 N–H and O–H groups in total. The van der Waals surface area contributed by atoms with Crippen LogP contribution in [0.3, 0.4) is 0 Å². The normalized spacial score (nSPS) is 16.3. The van der Waals surface area contributed by atoms with E-state index in [1.165, 1.54) is 0 Å². The van der Waals surface area contributed by atoms with E-state index in [9.17, 15) is 10.1 Å². The van der Waals surface area contributed by atoms with Gasteiger partial charge in [-0.05, 0) is 24.6 Å². The van der Waals surface area contributed by atoms with Crippen LogP contribution in [0.4, 0.5) is 0 Å². The summed E-state index contributed by atoms with van der Waals surface area (Å²) in [5.74, 6) is 0.760. The Morgan fingerprint density at radius 2 is 2.00 bits per heavy atom. The molecule has 3 rings (SSSR count). The fraction of sp³-hybridized carbons (Fsp3) is 0.176. The Morgan fingerprint density at radius 3 is 2.61 bits per heavy atom. The molecular formula is C17H14N2O4. The lowest BCUT2D eigenvalue weighted by Gasteiger charge is -2.25. The predicted octanol–water partition coefficient (Wildman–Crippen LogP) is 2.17. The third-order valence-electron chi connectivity index (χ3n) is 3.71.